The summed E-state index contributed by atoms with van der Waals surface area (Å²) >= 11 is 0. The van der Waals surface area contributed by atoms with Crippen LogP contribution in [0.15, 0.2) is 36.5 Å². The Labute approximate surface area is 145 Å². The lowest BCUT2D eigenvalue weighted by Crippen LogP contribution is -2.50. The molecule has 7 nitrogen and oxygen atoms in total. The first-order valence-electron chi connectivity index (χ1n) is 7.94. The van der Waals surface area contributed by atoms with E-state index in [9.17, 15) is 9.18 Å². The molecule has 3 rings (SSSR count). The molecule has 0 saturated carbocycles. The number of anilines is 1. The minimum absolute atomic E-state index is 0.112. The first-order valence-corrected chi connectivity index (χ1v) is 7.94. The van der Waals surface area contributed by atoms with Gasteiger partial charge in [0.1, 0.15) is 11.6 Å². The molecule has 2 heterocycles. The van der Waals surface area contributed by atoms with Crippen LogP contribution < -0.4 is 14.4 Å². The molecule has 0 aliphatic carbocycles. The Balaban J connectivity index is 1.50. The maximum absolute atomic E-state index is 13.1. The summed E-state index contributed by atoms with van der Waals surface area (Å²) in [6.45, 7) is 2.23. The van der Waals surface area contributed by atoms with Gasteiger partial charge >= 0.3 is 0 Å². The topological polar surface area (TPSA) is 67.8 Å². The average molecular weight is 346 g/mol. The minimum atomic E-state index is -0.392. The normalized spacial score (nSPS) is 14.3. The van der Waals surface area contributed by atoms with Crippen LogP contribution in [0.2, 0.25) is 0 Å². The number of methoxy groups -OCH3 is 1. The number of halogens is 1. The molecule has 1 aromatic carbocycles. The van der Waals surface area contributed by atoms with E-state index in [1.165, 1.54) is 12.1 Å². The van der Waals surface area contributed by atoms with Gasteiger partial charge in [-0.25, -0.2) is 9.37 Å². The van der Waals surface area contributed by atoms with Crippen molar-refractivity contribution in [3.05, 3.63) is 42.3 Å². The molecule has 1 aromatic heterocycles. The van der Waals surface area contributed by atoms with Gasteiger partial charge in [0.25, 0.3) is 5.91 Å². The Morgan fingerprint density at radius 2 is 2.04 bits per heavy atom. The number of carbonyl (C=O) groups excluding carboxylic acids is 1. The van der Waals surface area contributed by atoms with Crippen molar-refractivity contribution in [3.8, 4) is 11.6 Å². The van der Waals surface area contributed by atoms with E-state index in [-0.39, 0.29) is 12.5 Å². The van der Waals surface area contributed by atoms with Crippen LogP contribution in [0, 0.1) is 5.82 Å². The quantitative estimate of drug-likeness (QED) is 0.814. The Kier molecular flexibility index (Phi) is 5.27. The number of piperazine rings is 1. The van der Waals surface area contributed by atoms with E-state index in [2.05, 4.69) is 9.97 Å². The van der Waals surface area contributed by atoms with E-state index in [4.69, 9.17) is 9.47 Å². The van der Waals surface area contributed by atoms with E-state index < -0.39 is 5.82 Å². The molecule has 1 aliphatic heterocycles. The Hall–Kier alpha value is -2.90. The predicted octanol–water partition coefficient (Wildman–Crippen LogP) is 1.35. The molecule has 1 fully saturated rings. The van der Waals surface area contributed by atoms with E-state index in [1.54, 1.807) is 36.4 Å². The molecule has 0 radical (unpaired) electrons. The summed E-state index contributed by atoms with van der Waals surface area (Å²) in [7, 11) is 1.56. The van der Waals surface area contributed by atoms with Crippen molar-refractivity contribution in [2.24, 2.45) is 0 Å². The smallest absolute Gasteiger partial charge is 0.260 e. The van der Waals surface area contributed by atoms with Crippen molar-refractivity contribution in [1.29, 1.82) is 0 Å². The summed E-state index contributed by atoms with van der Waals surface area (Å²) in [4.78, 5) is 24.5. The molecule has 132 valence electrons. The summed E-state index contributed by atoms with van der Waals surface area (Å²) in [6, 6.07) is 7.43. The van der Waals surface area contributed by atoms with Crippen molar-refractivity contribution >= 4 is 11.9 Å². The maximum atomic E-state index is 13.1. The fourth-order valence-corrected chi connectivity index (χ4v) is 2.55. The summed E-state index contributed by atoms with van der Waals surface area (Å²) in [5, 5.41) is 0. The number of rotatable bonds is 5. The lowest BCUT2D eigenvalue weighted by atomic mass is 10.3. The summed E-state index contributed by atoms with van der Waals surface area (Å²) in [6.07, 6.45) is 1.64. The first kappa shape index (κ1) is 16.9. The van der Waals surface area contributed by atoms with Crippen LogP contribution >= 0.6 is 0 Å². The molecule has 0 unspecified atom stereocenters. The van der Waals surface area contributed by atoms with Crippen molar-refractivity contribution in [3.63, 3.8) is 0 Å². The third-order valence-electron chi connectivity index (χ3n) is 3.90. The number of nitrogens with zero attached hydrogens (tertiary/aromatic N) is 4. The van der Waals surface area contributed by atoms with Gasteiger partial charge in [-0.3, -0.25) is 4.79 Å². The highest BCUT2D eigenvalue weighted by Crippen LogP contribution is 2.15. The number of amides is 1. The number of benzene rings is 1. The summed E-state index contributed by atoms with van der Waals surface area (Å²) in [5.41, 5.74) is 0. The standard InChI is InChI=1S/C17H19FN4O3/c1-24-15-5-6-19-17(20-15)22-9-7-21(8-10-22)16(23)12-25-14-4-2-3-13(18)11-14/h2-6,11H,7-10,12H2,1H3. The summed E-state index contributed by atoms with van der Waals surface area (Å²) in [5.74, 6) is 0.915. The molecule has 1 aliphatic rings. The van der Waals surface area contributed by atoms with Gasteiger partial charge in [-0.1, -0.05) is 6.07 Å². The zero-order chi connectivity index (χ0) is 17.6. The maximum Gasteiger partial charge on any atom is 0.260 e. The fourth-order valence-electron chi connectivity index (χ4n) is 2.55. The van der Waals surface area contributed by atoms with Gasteiger partial charge in [0.15, 0.2) is 6.61 Å². The monoisotopic (exact) mass is 346 g/mol. The number of aromatic nitrogens is 2. The van der Waals surface area contributed by atoms with Gasteiger partial charge < -0.3 is 19.3 Å². The SMILES string of the molecule is COc1ccnc(N2CCN(C(=O)COc3cccc(F)c3)CC2)n1. The number of hydrogen-bond donors (Lipinski definition) is 0. The minimum Gasteiger partial charge on any atom is -0.484 e. The van der Waals surface area contributed by atoms with Crippen LogP contribution in [-0.4, -0.2) is 60.7 Å². The molecule has 0 spiro atoms. The molecule has 8 heteroatoms. The molecular weight excluding hydrogens is 327 g/mol. The lowest BCUT2D eigenvalue weighted by molar-refractivity contribution is -0.133. The number of hydrogen-bond acceptors (Lipinski definition) is 6. The van der Waals surface area contributed by atoms with Crippen LogP contribution in [0.4, 0.5) is 10.3 Å². The Bertz CT molecular complexity index is 735. The van der Waals surface area contributed by atoms with Crippen LogP contribution in [0.25, 0.3) is 0 Å². The van der Waals surface area contributed by atoms with E-state index >= 15 is 0 Å². The van der Waals surface area contributed by atoms with E-state index in [0.717, 1.165) is 0 Å². The highest BCUT2D eigenvalue weighted by Gasteiger charge is 2.23. The van der Waals surface area contributed by atoms with Gasteiger partial charge in [0.05, 0.1) is 7.11 Å². The van der Waals surface area contributed by atoms with Crippen LogP contribution in [0.1, 0.15) is 0 Å². The number of carbonyl (C=O) groups is 1. The predicted molar refractivity (Wildman–Crippen MR) is 89.3 cm³/mol. The second kappa shape index (κ2) is 7.78. The van der Waals surface area contributed by atoms with Gasteiger partial charge in [-0.15, -0.1) is 0 Å². The lowest BCUT2D eigenvalue weighted by Gasteiger charge is -2.34. The molecule has 0 N–H and O–H groups in total. The van der Waals surface area contributed by atoms with Crippen molar-refractivity contribution in [1.82, 2.24) is 14.9 Å². The van der Waals surface area contributed by atoms with Crippen LogP contribution in [0.5, 0.6) is 11.6 Å². The molecule has 25 heavy (non-hydrogen) atoms. The molecule has 1 amide bonds. The third kappa shape index (κ3) is 4.34. The van der Waals surface area contributed by atoms with Gasteiger partial charge in [-0.2, -0.15) is 4.98 Å². The van der Waals surface area contributed by atoms with Crippen LogP contribution in [0.3, 0.4) is 0 Å². The van der Waals surface area contributed by atoms with E-state index in [0.29, 0.717) is 43.8 Å². The zero-order valence-corrected chi connectivity index (χ0v) is 13.9. The van der Waals surface area contributed by atoms with Crippen molar-refractivity contribution < 1.29 is 18.7 Å². The van der Waals surface area contributed by atoms with Crippen molar-refractivity contribution in [2.45, 2.75) is 0 Å². The Morgan fingerprint density at radius 1 is 1.24 bits per heavy atom. The molecule has 0 atom stereocenters. The molecular formula is C17H19FN4O3. The number of ether oxygens (including phenoxy) is 2. The first-order chi connectivity index (χ1) is 12.2. The summed E-state index contributed by atoms with van der Waals surface area (Å²) < 4.78 is 23.6. The Morgan fingerprint density at radius 3 is 2.76 bits per heavy atom. The molecule has 1 saturated heterocycles. The van der Waals surface area contributed by atoms with Crippen LogP contribution in [-0.2, 0) is 4.79 Å². The van der Waals surface area contributed by atoms with Gasteiger partial charge in [0.2, 0.25) is 11.8 Å². The van der Waals surface area contributed by atoms with E-state index in [1.807, 2.05) is 4.90 Å². The van der Waals surface area contributed by atoms with Gasteiger partial charge in [0, 0.05) is 44.5 Å². The van der Waals surface area contributed by atoms with Gasteiger partial charge in [-0.05, 0) is 12.1 Å². The molecule has 0 bridgehead atoms. The second-order valence-electron chi connectivity index (χ2n) is 5.51. The van der Waals surface area contributed by atoms with Crippen molar-refractivity contribution in [2.75, 3.05) is 44.8 Å². The highest BCUT2D eigenvalue weighted by molar-refractivity contribution is 5.78. The molecule has 2 aromatic rings. The fraction of sp³-hybridized carbons (Fsp3) is 0.353. The third-order valence-corrected chi connectivity index (χ3v) is 3.90. The largest absolute Gasteiger partial charge is 0.484 e. The average Bonchev–Trinajstić information content (AvgIpc) is 2.66. The zero-order valence-electron chi connectivity index (χ0n) is 13.9. The second-order valence-corrected chi connectivity index (χ2v) is 5.51. The highest BCUT2D eigenvalue weighted by atomic mass is 19.1.